The normalized spacial score (nSPS) is 17.4. The van der Waals surface area contributed by atoms with Crippen molar-refractivity contribution in [3.8, 4) is 0 Å². The molecular formula is C8H14FNO. The van der Waals surface area contributed by atoms with Crippen LogP contribution in [-0.4, -0.2) is 30.6 Å². The third-order valence-electron chi connectivity index (χ3n) is 1.98. The van der Waals surface area contributed by atoms with Crippen LogP contribution in [0.2, 0.25) is 0 Å². The first-order valence-corrected chi connectivity index (χ1v) is 4.18. The van der Waals surface area contributed by atoms with Crippen LogP contribution in [0.3, 0.4) is 0 Å². The van der Waals surface area contributed by atoms with Crippen molar-refractivity contribution < 1.29 is 9.18 Å². The van der Waals surface area contributed by atoms with E-state index in [2.05, 4.69) is 0 Å². The molecule has 1 amide bonds. The summed E-state index contributed by atoms with van der Waals surface area (Å²) in [5, 5.41) is 0. The summed E-state index contributed by atoms with van der Waals surface area (Å²) in [6, 6.07) is 0. The van der Waals surface area contributed by atoms with E-state index in [4.69, 9.17) is 0 Å². The molecule has 1 saturated heterocycles. The van der Waals surface area contributed by atoms with E-state index in [1.54, 1.807) is 0 Å². The van der Waals surface area contributed by atoms with E-state index in [1.165, 1.54) is 0 Å². The van der Waals surface area contributed by atoms with Crippen LogP contribution in [0.1, 0.15) is 25.7 Å². The molecule has 3 heteroatoms. The molecule has 0 aromatic rings. The highest BCUT2D eigenvalue weighted by Crippen LogP contribution is 2.09. The Morgan fingerprint density at radius 2 is 2.00 bits per heavy atom. The van der Waals surface area contributed by atoms with E-state index < -0.39 is 0 Å². The highest BCUT2D eigenvalue weighted by Gasteiger charge is 2.16. The van der Waals surface area contributed by atoms with Crippen LogP contribution in [0.4, 0.5) is 4.39 Å². The molecule has 0 atom stereocenters. The van der Waals surface area contributed by atoms with E-state index >= 15 is 0 Å². The van der Waals surface area contributed by atoms with Crippen LogP contribution in [0.15, 0.2) is 0 Å². The van der Waals surface area contributed by atoms with Crippen molar-refractivity contribution in [3.05, 3.63) is 0 Å². The van der Waals surface area contributed by atoms with E-state index in [9.17, 15) is 9.18 Å². The van der Waals surface area contributed by atoms with Crippen molar-refractivity contribution in [2.45, 2.75) is 25.7 Å². The van der Waals surface area contributed by atoms with Gasteiger partial charge in [-0.3, -0.25) is 9.18 Å². The molecule has 1 heterocycles. The summed E-state index contributed by atoms with van der Waals surface area (Å²) < 4.78 is 11.7. The zero-order valence-corrected chi connectivity index (χ0v) is 6.68. The van der Waals surface area contributed by atoms with E-state index in [-0.39, 0.29) is 12.6 Å². The van der Waals surface area contributed by atoms with Gasteiger partial charge in [0.2, 0.25) is 5.91 Å². The Bertz CT molecular complexity index is 132. The minimum absolute atomic E-state index is 0.125. The van der Waals surface area contributed by atoms with Crippen molar-refractivity contribution in [2.24, 2.45) is 0 Å². The molecule has 0 aliphatic carbocycles. The lowest BCUT2D eigenvalue weighted by atomic mass is 10.3. The van der Waals surface area contributed by atoms with Gasteiger partial charge in [-0.15, -0.1) is 0 Å². The van der Waals surface area contributed by atoms with Crippen LogP contribution in [0, 0.1) is 0 Å². The molecule has 0 unspecified atom stereocenters. The van der Waals surface area contributed by atoms with Gasteiger partial charge >= 0.3 is 0 Å². The summed E-state index contributed by atoms with van der Waals surface area (Å²) in [6.45, 7) is 1.38. The largest absolute Gasteiger partial charge is 0.343 e. The third kappa shape index (κ3) is 2.48. The maximum absolute atomic E-state index is 11.7. The molecule has 64 valence electrons. The zero-order chi connectivity index (χ0) is 8.10. The fourth-order valence-corrected chi connectivity index (χ4v) is 1.34. The van der Waals surface area contributed by atoms with Gasteiger partial charge in [0.1, 0.15) is 0 Å². The number of likely N-dealkylation sites (tertiary alicyclic amines) is 1. The Hall–Kier alpha value is -0.600. The van der Waals surface area contributed by atoms with Gasteiger partial charge in [-0.25, -0.2) is 0 Å². The number of carbonyl (C=O) groups is 1. The number of nitrogens with zero attached hydrogens (tertiary/aromatic N) is 1. The number of halogens is 1. The van der Waals surface area contributed by atoms with Crippen LogP contribution in [0.25, 0.3) is 0 Å². The number of hydrogen-bond donors (Lipinski definition) is 0. The monoisotopic (exact) mass is 159 g/mol. The molecule has 1 aliphatic heterocycles. The lowest BCUT2D eigenvalue weighted by molar-refractivity contribution is -0.130. The molecule has 0 aromatic carbocycles. The second-order valence-electron chi connectivity index (χ2n) is 2.88. The van der Waals surface area contributed by atoms with E-state index in [0.717, 1.165) is 25.9 Å². The number of rotatable bonds is 3. The van der Waals surface area contributed by atoms with Crippen LogP contribution in [-0.2, 0) is 4.79 Å². The van der Waals surface area contributed by atoms with Crippen molar-refractivity contribution in [3.63, 3.8) is 0 Å². The lowest BCUT2D eigenvalue weighted by Crippen LogP contribution is -2.27. The molecule has 1 fully saturated rings. The molecule has 1 aliphatic rings. The second-order valence-corrected chi connectivity index (χ2v) is 2.88. The zero-order valence-electron chi connectivity index (χ0n) is 6.68. The summed E-state index contributed by atoms with van der Waals surface area (Å²) in [7, 11) is 0. The Morgan fingerprint density at radius 1 is 1.36 bits per heavy atom. The van der Waals surface area contributed by atoms with Gasteiger partial charge in [0.25, 0.3) is 0 Å². The van der Waals surface area contributed by atoms with Crippen molar-refractivity contribution in [2.75, 3.05) is 19.8 Å². The number of alkyl halides is 1. The minimum Gasteiger partial charge on any atom is -0.343 e. The van der Waals surface area contributed by atoms with E-state index in [1.807, 2.05) is 4.90 Å². The minimum atomic E-state index is -0.375. The van der Waals surface area contributed by atoms with E-state index in [0.29, 0.717) is 12.8 Å². The predicted molar refractivity (Wildman–Crippen MR) is 41.0 cm³/mol. The summed E-state index contributed by atoms with van der Waals surface area (Å²) in [5.74, 6) is 0.125. The van der Waals surface area contributed by atoms with Gasteiger partial charge in [0, 0.05) is 19.5 Å². The SMILES string of the molecule is O=C(CCCF)N1CCCC1. The predicted octanol–water partition coefficient (Wildman–Crippen LogP) is 1.36. The quantitative estimate of drug-likeness (QED) is 0.608. The van der Waals surface area contributed by atoms with Crippen molar-refractivity contribution in [1.29, 1.82) is 0 Å². The summed E-state index contributed by atoms with van der Waals surface area (Å²) >= 11 is 0. The van der Waals surface area contributed by atoms with Crippen LogP contribution >= 0.6 is 0 Å². The van der Waals surface area contributed by atoms with Crippen LogP contribution in [0.5, 0.6) is 0 Å². The topological polar surface area (TPSA) is 20.3 Å². The Labute approximate surface area is 66.4 Å². The standard InChI is InChI=1S/C8H14FNO/c9-5-3-4-8(11)10-6-1-2-7-10/h1-7H2. The number of amides is 1. The lowest BCUT2D eigenvalue weighted by Gasteiger charge is -2.13. The Morgan fingerprint density at radius 3 is 2.55 bits per heavy atom. The van der Waals surface area contributed by atoms with Crippen molar-refractivity contribution >= 4 is 5.91 Å². The summed E-state index contributed by atoms with van der Waals surface area (Å²) in [5.41, 5.74) is 0. The Balaban J connectivity index is 2.17. The average molecular weight is 159 g/mol. The van der Waals surface area contributed by atoms with Crippen LogP contribution < -0.4 is 0 Å². The van der Waals surface area contributed by atoms with Gasteiger partial charge < -0.3 is 4.90 Å². The Kier molecular flexibility index (Phi) is 3.33. The highest BCUT2D eigenvalue weighted by molar-refractivity contribution is 5.76. The molecule has 0 radical (unpaired) electrons. The second kappa shape index (κ2) is 4.31. The first kappa shape index (κ1) is 8.50. The maximum Gasteiger partial charge on any atom is 0.222 e. The smallest absolute Gasteiger partial charge is 0.222 e. The molecule has 1 rings (SSSR count). The molecule has 2 nitrogen and oxygen atoms in total. The summed E-state index contributed by atoms with van der Waals surface area (Å²) in [4.78, 5) is 13.0. The van der Waals surface area contributed by atoms with Gasteiger partial charge in [-0.1, -0.05) is 0 Å². The molecule has 0 N–H and O–H groups in total. The van der Waals surface area contributed by atoms with Crippen molar-refractivity contribution in [1.82, 2.24) is 4.90 Å². The summed E-state index contributed by atoms with van der Waals surface area (Å²) in [6.07, 6.45) is 2.99. The molecule has 11 heavy (non-hydrogen) atoms. The molecular weight excluding hydrogens is 145 g/mol. The van der Waals surface area contributed by atoms with Gasteiger partial charge in [-0.05, 0) is 19.3 Å². The van der Waals surface area contributed by atoms with Gasteiger partial charge in [0.05, 0.1) is 6.67 Å². The number of hydrogen-bond acceptors (Lipinski definition) is 1. The van der Waals surface area contributed by atoms with Gasteiger partial charge in [0.15, 0.2) is 0 Å². The number of carbonyl (C=O) groups excluding carboxylic acids is 1. The highest BCUT2D eigenvalue weighted by atomic mass is 19.1. The molecule has 0 bridgehead atoms. The average Bonchev–Trinajstić information content (AvgIpc) is 2.52. The maximum atomic E-state index is 11.7. The third-order valence-corrected chi connectivity index (χ3v) is 1.98. The first-order valence-electron chi connectivity index (χ1n) is 4.18. The molecule has 0 aromatic heterocycles. The fourth-order valence-electron chi connectivity index (χ4n) is 1.34. The van der Waals surface area contributed by atoms with Gasteiger partial charge in [-0.2, -0.15) is 0 Å². The fraction of sp³-hybridized carbons (Fsp3) is 0.875. The molecule has 0 spiro atoms. The molecule has 0 saturated carbocycles. The first-order chi connectivity index (χ1) is 5.34.